The molecule has 0 unspecified atom stereocenters. The van der Waals surface area contributed by atoms with Gasteiger partial charge in [0.25, 0.3) is 0 Å². The molecule has 2 aromatic rings. The molecule has 0 spiro atoms. The minimum absolute atomic E-state index is 0.00305. The van der Waals surface area contributed by atoms with Crippen LogP contribution in [0.15, 0.2) is 42.5 Å². The van der Waals surface area contributed by atoms with Crippen LogP contribution in [0.4, 0.5) is 5.69 Å². The van der Waals surface area contributed by atoms with E-state index in [-0.39, 0.29) is 11.8 Å². The Morgan fingerprint density at radius 3 is 2.23 bits per heavy atom. The van der Waals surface area contributed by atoms with Crippen molar-refractivity contribution >= 4 is 17.5 Å². The SMILES string of the molecule is COc1ccccc1CNC(=O)CN1CCN(CC(=O)Nc2cccc(C)c2C)CC1. The maximum atomic E-state index is 12.4. The zero-order valence-corrected chi connectivity index (χ0v) is 18.6. The van der Waals surface area contributed by atoms with Crippen LogP contribution in [0, 0.1) is 13.8 Å². The predicted molar refractivity (Wildman–Crippen MR) is 122 cm³/mol. The Balaban J connectivity index is 1.38. The van der Waals surface area contributed by atoms with E-state index >= 15 is 0 Å². The maximum Gasteiger partial charge on any atom is 0.238 e. The summed E-state index contributed by atoms with van der Waals surface area (Å²) in [6.45, 7) is 8.28. The molecule has 2 amide bonds. The molecule has 7 nitrogen and oxygen atoms in total. The van der Waals surface area contributed by atoms with E-state index in [1.807, 2.05) is 56.3 Å². The smallest absolute Gasteiger partial charge is 0.238 e. The minimum atomic E-state index is -0.00739. The molecule has 166 valence electrons. The van der Waals surface area contributed by atoms with E-state index in [1.54, 1.807) is 7.11 Å². The first kappa shape index (κ1) is 22.8. The molecular formula is C24H32N4O3. The van der Waals surface area contributed by atoms with Gasteiger partial charge < -0.3 is 15.4 Å². The fourth-order valence-electron chi connectivity index (χ4n) is 3.69. The number of piperazine rings is 1. The molecule has 31 heavy (non-hydrogen) atoms. The number of rotatable bonds is 8. The average molecular weight is 425 g/mol. The van der Waals surface area contributed by atoms with Crippen LogP contribution in [0.3, 0.4) is 0 Å². The number of para-hydroxylation sites is 1. The van der Waals surface area contributed by atoms with Crippen LogP contribution < -0.4 is 15.4 Å². The molecule has 0 radical (unpaired) electrons. The van der Waals surface area contributed by atoms with Crippen molar-refractivity contribution in [3.63, 3.8) is 0 Å². The number of carbonyl (C=O) groups is 2. The summed E-state index contributed by atoms with van der Waals surface area (Å²) >= 11 is 0. The van der Waals surface area contributed by atoms with E-state index in [0.29, 0.717) is 19.6 Å². The summed E-state index contributed by atoms with van der Waals surface area (Å²) in [4.78, 5) is 29.0. The Labute approximate surface area is 184 Å². The van der Waals surface area contributed by atoms with E-state index in [0.717, 1.165) is 54.3 Å². The lowest BCUT2D eigenvalue weighted by atomic mass is 10.1. The summed E-state index contributed by atoms with van der Waals surface area (Å²) in [6, 6.07) is 13.6. The summed E-state index contributed by atoms with van der Waals surface area (Å²) in [7, 11) is 1.63. The Bertz CT molecular complexity index is 907. The third-order valence-electron chi connectivity index (χ3n) is 5.75. The van der Waals surface area contributed by atoms with Gasteiger partial charge >= 0.3 is 0 Å². The predicted octanol–water partition coefficient (Wildman–Crippen LogP) is 2.18. The van der Waals surface area contributed by atoms with Gasteiger partial charge in [-0.3, -0.25) is 19.4 Å². The molecule has 0 aromatic heterocycles. The van der Waals surface area contributed by atoms with Crippen LogP contribution in [0.1, 0.15) is 16.7 Å². The van der Waals surface area contributed by atoms with Crippen LogP contribution in [0.25, 0.3) is 0 Å². The second-order valence-corrected chi connectivity index (χ2v) is 7.94. The summed E-state index contributed by atoms with van der Waals surface area (Å²) in [5.74, 6) is 0.763. The zero-order chi connectivity index (χ0) is 22.2. The van der Waals surface area contributed by atoms with Gasteiger partial charge in [0.2, 0.25) is 11.8 Å². The molecule has 1 aliphatic rings. The van der Waals surface area contributed by atoms with E-state index in [1.165, 1.54) is 0 Å². The van der Waals surface area contributed by atoms with Crippen molar-refractivity contribution in [2.75, 3.05) is 51.7 Å². The highest BCUT2D eigenvalue weighted by Crippen LogP contribution is 2.18. The first-order valence-corrected chi connectivity index (χ1v) is 10.7. The molecule has 1 fully saturated rings. The molecule has 2 N–H and O–H groups in total. The quantitative estimate of drug-likeness (QED) is 0.680. The largest absolute Gasteiger partial charge is 0.496 e. The van der Waals surface area contributed by atoms with Crippen LogP contribution in [0.2, 0.25) is 0 Å². The lowest BCUT2D eigenvalue weighted by Crippen LogP contribution is -2.50. The van der Waals surface area contributed by atoms with E-state index in [9.17, 15) is 9.59 Å². The average Bonchev–Trinajstić information content (AvgIpc) is 2.77. The van der Waals surface area contributed by atoms with Crippen molar-refractivity contribution in [3.8, 4) is 5.75 Å². The number of hydrogen-bond acceptors (Lipinski definition) is 5. The lowest BCUT2D eigenvalue weighted by molar-refractivity contribution is -0.123. The second kappa shape index (κ2) is 10.9. The highest BCUT2D eigenvalue weighted by atomic mass is 16.5. The molecule has 1 saturated heterocycles. The van der Waals surface area contributed by atoms with Gasteiger partial charge in [-0.05, 0) is 37.1 Å². The maximum absolute atomic E-state index is 12.4. The summed E-state index contributed by atoms with van der Waals surface area (Å²) in [5, 5.41) is 5.98. The van der Waals surface area contributed by atoms with Gasteiger partial charge in [0.05, 0.1) is 20.2 Å². The number of hydrogen-bond donors (Lipinski definition) is 2. The fourth-order valence-corrected chi connectivity index (χ4v) is 3.69. The second-order valence-electron chi connectivity index (χ2n) is 7.94. The number of aryl methyl sites for hydroxylation is 1. The Morgan fingerprint density at radius 2 is 1.55 bits per heavy atom. The van der Waals surface area contributed by atoms with E-state index in [4.69, 9.17) is 4.74 Å². The molecule has 0 saturated carbocycles. The number of nitrogens with zero attached hydrogens (tertiary/aromatic N) is 2. The van der Waals surface area contributed by atoms with Crippen molar-refractivity contribution in [1.82, 2.24) is 15.1 Å². The number of methoxy groups -OCH3 is 1. The molecule has 3 rings (SSSR count). The topological polar surface area (TPSA) is 73.9 Å². The number of amides is 2. The minimum Gasteiger partial charge on any atom is -0.496 e. The van der Waals surface area contributed by atoms with Gasteiger partial charge in [-0.15, -0.1) is 0 Å². The molecule has 1 heterocycles. The van der Waals surface area contributed by atoms with Gasteiger partial charge in [-0.2, -0.15) is 0 Å². The number of nitrogens with one attached hydrogen (secondary N) is 2. The number of carbonyl (C=O) groups excluding carboxylic acids is 2. The number of anilines is 1. The number of ether oxygens (including phenoxy) is 1. The molecular weight excluding hydrogens is 392 g/mol. The number of benzene rings is 2. The molecule has 1 aliphatic heterocycles. The van der Waals surface area contributed by atoms with Gasteiger partial charge in [-0.1, -0.05) is 30.3 Å². The van der Waals surface area contributed by atoms with Crippen LogP contribution >= 0.6 is 0 Å². The molecule has 0 bridgehead atoms. The van der Waals surface area contributed by atoms with Crippen molar-refractivity contribution in [1.29, 1.82) is 0 Å². The first-order valence-electron chi connectivity index (χ1n) is 10.7. The summed E-state index contributed by atoms with van der Waals surface area (Å²) in [5.41, 5.74) is 4.09. The Hall–Kier alpha value is -2.90. The normalized spacial score (nSPS) is 14.8. The monoisotopic (exact) mass is 424 g/mol. The van der Waals surface area contributed by atoms with Crippen LogP contribution in [0.5, 0.6) is 5.75 Å². The van der Waals surface area contributed by atoms with Crippen LogP contribution in [-0.2, 0) is 16.1 Å². The molecule has 0 aliphatic carbocycles. The van der Waals surface area contributed by atoms with Crippen molar-refractivity contribution in [2.24, 2.45) is 0 Å². The first-order chi connectivity index (χ1) is 15.0. The summed E-state index contributed by atoms with van der Waals surface area (Å²) < 4.78 is 5.32. The van der Waals surface area contributed by atoms with Crippen molar-refractivity contribution < 1.29 is 14.3 Å². The Morgan fingerprint density at radius 1 is 0.903 bits per heavy atom. The fraction of sp³-hybridized carbons (Fsp3) is 0.417. The lowest BCUT2D eigenvalue weighted by Gasteiger charge is -2.33. The third-order valence-corrected chi connectivity index (χ3v) is 5.75. The van der Waals surface area contributed by atoms with Gasteiger partial charge in [-0.25, -0.2) is 0 Å². The highest BCUT2D eigenvalue weighted by Gasteiger charge is 2.21. The van der Waals surface area contributed by atoms with Crippen molar-refractivity contribution in [2.45, 2.75) is 20.4 Å². The Kier molecular flexibility index (Phi) is 8.03. The molecule has 2 aromatic carbocycles. The van der Waals surface area contributed by atoms with Crippen LogP contribution in [-0.4, -0.2) is 68.0 Å². The standard InChI is InChI=1S/C24H32N4O3/c1-18-7-6-9-21(19(18)2)26-24(30)17-28-13-11-27(12-14-28)16-23(29)25-15-20-8-4-5-10-22(20)31-3/h4-10H,11-17H2,1-3H3,(H,25,29)(H,26,30). The molecule has 7 heteroatoms. The van der Waals surface area contributed by atoms with Gasteiger partial charge in [0.15, 0.2) is 0 Å². The van der Waals surface area contributed by atoms with Gasteiger partial charge in [0, 0.05) is 44.0 Å². The highest BCUT2D eigenvalue weighted by molar-refractivity contribution is 5.93. The zero-order valence-electron chi connectivity index (χ0n) is 18.6. The van der Waals surface area contributed by atoms with E-state index < -0.39 is 0 Å². The molecule has 0 atom stereocenters. The van der Waals surface area contributed by atoms with Gasteiger partial charge in [0.1, 0.15) is 5.75 Å². The van der Waals surface area contributed by atoms with E-state index in [2.05, 4.69) is 20.4 Å². The van der Waals surface area contributed by atoms with Crippen molar-refractivity contribution in [3.05, 3.63) is 59.2 Å². The summed E-state index contributed by atoms with van der Waals surface area (Å²) in [6.07, 6.45) is 0. The third kappa shape index (κ3) is 6.54.